The SMILES string of the molecule is COc1cc(CNC[C@H](O)c2ccccc2)cc(Br)c1OC(C)C. The second kappa shape index (κ2) is 9.06. The van der Waals surface area contributed by atoms with E-state index in [1.165, 1.54) is 0 Å². The summed E-state index contributed by atoms with van der Waals surface area (Å²) in [5, 5.41) is 13.5. The molecule has 1 atom stereocenters. The first-order valence-corrected chi connectivity index (χ1v) is 8.77. The number of methoxy groups -OCH3 is 1. The zero-order valence-electron chi connectivity index (χ0n) is 14.3. The minimum Gasteiger partial charge on any atom is -0.493 e. The fraction of sp³-hybridized carbons (Fsp3) is 0.368. The maximum atomic E-state index is 10.2. The van der Waals surface area contributed by atoms with Gasteiger partial charge in [-0.2, -0.15) is 0 Å². The summed E-state index contributed by atoms with van der Waals surface area (Å²) >= 11 is 3.54. The molecule has 0 spiro atoms. The van der Waals surface area contributed by atoms with Crippen molar-refractivity contribution in [1.82, 2.24) is 5.32 Å². The number of hydrogen-bond acceptors (Lipinski definition) is 4. The highest BCUT2D eigenvalue weighted by molar-refractivity contribution is 9.10. The third-order valence-electron chi connectivity index (χ3n) is 3.49. The first kappa shape index (κ1) is 18.8. The molecule has 0 amide bonds. The molecule has 0 heterocycles. The quantitative estimate of drug-likeness (QED) is 0.709. The van der Waals surface area contributed by atoms with Crippen molar-refractivity contribution in [3.8, 4) is 11.5 Å². The number of nitrogens with one attached hydrogen (secondary N) is 1. The summed E-state index contributed by atoms with van der Waals surface area (Å²) in [5.74, 6) is 1.40. The molecule has 0 bridgehead atoms. The van der Waals surface area contributed by atoms with Crippen molar-refractivity contribution in [2.45, 2.75) is 32.6 Å². The highest BCUT2D eigenvalue weighted by atomic mass is 79.9. The molecule has 0 aliphatic heterocycles. The Bertz CT molecular complexity index is 647. The minimum atomic E-state index is -0.528. The fourth-order valence-electron chi connectivity index (χ4n) is 2.37. The molecular formula is C19H24BrNO3. The van der Waals surface area contributed by atoms with Crippen molar-refractivity contribution < 1.29 is 14.6 Å². The van der Waals surface area contributed by atoms with E-state index >= 15 is 0 Å². The molecule has 4 nitrogen and oxygen atoms in total. The lowest BCUT2D eigenvalue weighted by Gasteiger charge is -2.17. The van der Waals surface area contributed by atoms with E-state index < -0.39 is 6.10 Å². The molecule has 0 saturated carbocycles. The van der Waals surface area contributed by atoms with Crippen molar-refractivity contribution in [2.75, 3.05) is 13.7 Å². The summed E-state index contributed by atoms with van der Waals surface area (Å²) in [6, 6.07) is 13.6. The second-order valence-corrected chi connectivity index (χ2v) is 6.69. The van der Waals surface area contributed by atoms with Gasteiger partial charge in [0.1, 0.15) is 0 Å². The van der Waals surface area contributed by atoms with Gasteiger partial charge in [0.15, 0.2) is 11.5 Å². The number of halogens is 1. The smallest absolute Gasteiger partial charge is 0.175 e. The molecule has 0 saturated heterocycles. The van der Waals surface area contributed by atoms with Gasteiger partial charge in [-0.3, -0.25) is 0 Å². The molecule has 0 radical (unpaired) electrons. The van der Waals surface area contributed by atoms with Crippen molar-refractivity contribution >= 4 is 15.9 Å². The van der Waals surface area contributed by atoms with E-state index in [4.69, 9.17) is 9.47 Å². The van der Waals surface area contributed by atoms with E-state index in [1.54, 1.807) is 7.11 Å². The highest BCUT2D eigenvalue weighted by Crippen LogP contribution is 2.37. The summed E-state index contributed by atoms with van der Waals surface area (Å²) in [4.78, 5) is 0. The topological polar surface area (TPSA) is 50.7 Å². The number of benzene rings is 2. The number of ether oxygens (including phenoxy) is 2. The van der Waals surface area contributed by atoms with Gasteiger partial charge < -0.3 is 19.9 Å². The molecule has 0 aliphatic carbocycles. The van der Waals surface area contributed by atoms with Crippen molar-refractivity contribution in [3.63, 3.8) is 0 Å². The van der Waals surface area contributed by atoms with Crippen LogP contribution in [0.15, 0.2) is 46.9 Å². The van der Waals surface area contributed by atoms with E-state index in [-0.39, 0.29) is 6.10 Å². The predicted octanol–water partition coefficient (Wildman–Crippen LogP) is 4.07. The summed E-state index contributed by atoms with van der Waals surface area (Å²) in [7, 11) is 1.63. The van der Waals surface area contributed by atoms with Gasteiger partial charge in [0, 0.05) is 13.1 Å². The minimum absolute atomic E-state index is 0.0696. The average Bonchev–Trinajstić information content (AvgIpc) is 2.57. The van der Waals surface area contributed by atoms with E-state index in [0.717, 1.165) is 15.6 Å². The Morgan fingerprint density at radius 2 is 1.88 bits per heavy atom. The van der Waals surface area contributed by atoms with Crippen molar-refractivity contribution in [1.29, 1.82) is 0 Å². The van der Waals surface area contributed by atoms with Gasteiger partial charge in [-0.1, -0.05) is 30.3 Å². The van der Waals surface area contributed by atoms with Crippen molar-refractivity contribution in [3.05, 3.63) is 58.1 Å². The zero-order valence-corrected chi connectivity index (χ0v) is 15.8. The zero-order chi connectivity index (χ0) is 17.5. The molecule has 130 valence electrons. The summed E-state index contributed by atoms with van der Waals surface area (Å²) in [6.07, 6.45) is -0.458. The van der Waals surface area contributed by atoms with Gasteiger partial charge in [-0.15, -0.1) is 0 Å². The maximum Gasteiger partial charge on any atom is 0.175 e. The van der Waals surface area contributed by atoms with E-state index in [1.807, 2.05) is 56.3 Å². The first-order chi connectivity index (χ1) is 11.5. The monoisotopic (exact) mass is 393 g/mol. The molecule has 2 N–H and O–H groups in total. The Morgan fingerprint density at radius 1 is 1.17 bits per heavy atom. The van der Waals surface area contributed by atoms with E-state index in [0.29, 0.717) is 24.6 Å². The van der Waals surface area contributed by atoms with Crippen LogP contribution >= 0.6 is 15.9 Å². The van der Waals surface area contributed by atoms with Gasteiger partial charge in [0.2, 0.25) is 0 Å². The number of rotatable bonds is 8. The van der Waals surface area contributed by atoms with Crippen LogP contribution in [0.3, 0.4) is 0 Å². The average molecular weight is 394 g/mol. The van der Waals surface area contributed by atoms with Crippen LogP contribution in [0.5, 0.6) is 11.5 Å². The molecule has 2 aromatic rings. The molecular weight excluding hydrogens is 370 g/mol. The second-order valence-electron chi connectivity index (χ2n) is 5.83. The van der Waals surface area contributed by atoms with Crippen LogP contribution < -0.4 is 14.8 Å². The number of hydrogen-bond donors (Lipinski definition) is 2. The Balaban J connectivity index is 1.99. The van der Waals surface area contributed by atoms with Gasteiger partial charge in [-0.05, 0) is 53.0 Å². The highest BCUT2D eigenvalue weighted by Gasteiger charge is 2.13. The first-order valence-electron chi connectivity index (χ1n) is 7.98. The van der Waals surface area contributed by atoms with Crippen LogP contribution in [0.25, 0.3) is 0 Å². The number of aliphatic hydroxyl groups is 1. The van der Waals surface area contributed by atoms with E-state index in [9.17, 15) is 5.11 Å². The Labute approximate surface area is 151 Å². The molecule has 0 aliphatic rings. The van der Waals surface area contributed by atoms with Crippen molar-refractivity contribution in [2.24, 2.45) is 0 Å². The molecule has 0 unspecified atom stereocenters. The van der Waals surface area contributed by atoms with Crippen LogP contribution in [0.4, 0.5) is 0 Å². The van der Waals surface area contributed by atoms with E-state index in [2.05, 4.69) is 21.2 Å². The molecule has 0 fully saturated rings. The molecule has 2 aromatic carbocycles. The van der Waals surface area contributed by atoms with Gasteiger partial charge >= 0.3 is 0 Å². The summed E-state index contributed by atoms with van der Waals surface area (Å²) in [5.41, 5.74) is 1.96. The lowest BCUT2D eigenvalue weighted by atomic mass is 10.1. The summed E-state index contributed by atoms with van der Waals surface area (Å²) < 4.78 is 12.1. The molecule has 5 heteroatoms. The molecule has 24 heavy (non-hydrogen) atoms. The third kappa shape index (κ3) is 5.23. The molecule has 0 aromatic heterocycles. The Hall–Kier alpha value is -1.56. The van der Waals surface area contributed by atoms with Crippen LogP contribution in [-0.4, -0.2) is 24.9 Å². The fourth-order valence-corrected chi connectivity index (χ4v) is 2.95. The standard InChI is InChI=1S/C19H24BrNO3/c1-13(2)24-19-16(20)9-14(10-18(19)23-3)11-21-12-17(22)15-7-5-4-6-8-15/h4-10,13,17,21-22H,11-12H2,1-3H3/t17-/m0/s1. The maximum absolute atomic E-state index is 10.2. The van der Waals surface area contributed by atoms with Gasteiger partial charge in [0.05, 0.1) is 23.8 Å². The predicted molar refractivity (Wildman–Crippen MR) is 99.6 cm³/mol. The third-order valence-corrected chi connectivity index (χ3v) is 4.08. The van der Waals surface area contributed by atoms with Crippen LogP contribution in [-0.2, 0) is 6.54 Å². The largest absolute Gasteiger partial charge is 0.493 e. The number of aliphatic hydroxyl groups excluding tert-OH is 1. The van der Waals surface area contributed by atoms with Gasteiger partial charge in [-0.25, -0.2) is 0 Å². The van der Waals surface area contributed by atoms with Crippen LogP contribution in [0.2, 0.25) is 0 Å². The van der Waals surface area contributed by atoms with Crippen LogP contribution in [0, 0.1) is 0 Å². The lowest BCUT2D eigenvalue weighted by molar-refractivity contribution is 0.174. The van der Waals surface area contributed by atoms with Crippen LogP contribution in [0.1, 0.15) is 31.1 Å². The normalized spacial score (nSPS) is 12.2. The summed E-state index contributed by atoms with van der Waals surface area (Å²) in [6.45, 7) is 5.06. The lowest BCUT2D eigenvalue weighted by Crippen LogP contribution is -2.21. The Kier molecular flexibility index (Phi) is 7.09. The Morgan fingerprint density at radius 3 is 2.50 bits per heavy atom. The molecule has 2 rings (SSSR count). The van der Waals surface area contributed by atoms with Gasteiger partial charge in [0.25, 0.3) is 0 Å².